The second kappa shape index (κ2) is 3.77. The Bertz CT molecular complexity index is 486. The molecule has 2 rings (SSSR count). The topological polar surface area (TPSA) is 131 Å². The predicted molar refractivity (Wildman–Crippen MR) is 55.7 cm³/mol. The highest BCUT2D eigenvalue weighted by Crippen LogP contribution is 2.36. The second-order valence-electron chi connectivity index (χ2n) is 4.09. The maximum atomic E-state index is 11.5. The monoisotopic (exact) mass is 243 g/mol. The first-order valence-corrected chi connectivity index (χ1v) is 4.92. The van der Waals surface area contributed by atoms with Gasteiger partial charge >= 0.3 is 5.69 Å². The first kappa shape index (κ1) is 12.0. The molecule has 4 atom stereocenters. The van der Waals surface area contributed by atoms with E-state index in [0.29, 0.717) is 0 Å². The molecule has 0 aromatic carbocycles. The lowest BCUT2D eigenvalue weighted by Gasteiger charge is -2.26. The van der Waals surface area contributed by atoms with Gasteiger partial charge in [-0.15, -0.1) is 0 Å². The highest BCUT2D eigenvalue weighted by atomic mass is 16.7. The minimum atomic E-state index is -1.80. The molecule has 5 N–H and O–H groups in total. The highest BCUT2D eigenvalue weighted by molar-refractivity contribution is 5.23. The van der Waals surface area contributed by atoms with E-state index >= 15 is 0 Å². The van der Waals surface area contributed by atoms with E-state index < -0.39 is 29.9 Å². The van der Waals surface area contributed by atoms with Crippen molar-refractivity contribution >= 4 is 5.82 Å². The Morgan fingerprint density at radius 1 is 1.59 bits per heavy atom. The molecule has 0 saturated carbocycles. The zero-order valence-electron chi connectivity index (χ0n) is 9.02. The van der Waals surface area contributed by atoms with Crippen molar-refractivity contribution in [2.24, 2.45) is 0 Å². The fraction of sp³-hybridized carbons (Fsp3) is 0.556. The molecule has 0 radical (unpaired) electrons. The number of nitrogens with two attached hydrogens (primary N) is 1. The normalized spacial score (nSPS) is 37.3. The Labute approximate surface area is 95.9 Å². The first-order valence-electron chi connectivity index (χ1n) is 4.92. The molecule has 1 aliphatic rings. The van der Waals surface area contributed by atoms with Crippen molar-refractivity contribution in [2.75, 3.05) is 5.73 Å². The van der Waals surface area contributed by atoms with Gasteiger partial charge in [0.25, 0.3) is 0 Å². The molecule has 1 saturated heterocycles. The van der Waals surface area contributed by atoms with Crippen LogP contribution in [0, 0.1) is 0 Å². The fourth-order valence-electron chi connectivity index (χ4n) is 1.73. The summed E-state index contributed by atoms with van der Waals surface area (Å²) in [5.74, 6) is 0.0324. The molecule has 17 heavy (non-hydrogen) atoms. The molecule has 1 aliphatic heterocycles. The zero-order chi connectivity index (χ0) is 12.8. The number of aliphatic hydroxyl groups is 3. The third-order valence-corrected chi connectivity index (χ3v) is 2.74. The fourth-order valence-corrected chi connectivity index (χ4v) is 1.73. The van der Waals surface area contributed by atoms with E-state index in [0.717, 1.165) is 4.57 Å². The van der Waals surface area contributed by atoms with Crippen LogP contribution in [0.15, 0.2) is 17.1 Å². The lowest BCUT2D eigenvalue weighted by Crippen LogP contribution is -2.45. The van der Waals surface area contributed by atoms with Gasteiger partial charge in [-0.05, 0) is 13.0 Å². The van der Waals surface area contributed by atoms with E-state index in [4.69, 9.17) is 10.5 Å². The summed E-state index contributed by atoms with van der Waals surface area (Å²) in [7, 11) is 0. The number of aliphatic hydroxyl groups excluding tert-OH is 2. The number of nitrogen functional groups attached to an aromatic ring is 1. The molecular weight excluding hydrogens is 230 g/mol. The molecule has 0 spiro atoms. The summed E-state index contributed by atoms with van der Waals surface area (Å²) >= 11 is 0. The maximum Gasteiger partial charge on any atom is 0.351 e. The summed E-state index contributed by atoms with van der Waals surface area (Å²) in [6, 6.07) is 1.35. The van der Waals surface area contributed by atoms with E-state index in [1.54, 1.807) is 0 Å². The Hall–Kier alpha value is -1.48. The van der Waals surface area contributed by atoms with Gasteiger partial charge in [0.2, 0.25) is 0 Å². The van der Waals surface area contributed by atoms with Crippen LogP contribution in [0.3, 0.4) is 0 Å². The summed E-state index contributed by atoms with van der Waals surface area (Å²) in [5.41, 5.74) is 2.78. The number of hydrogen-bond acceptors (Lipinski definition) is 7. The van der Waals surface area contributed by atoms with E-state index in [1.807, 2.05) is 0 Å². The van der Waals surface area contributed by atoms with Crippen LogP contribution in [-0.4, -0.2) is 42.9 Å². The summed E-state index contributed by atoms with van der Waals surface area (Å²) in [5, 5.41) is 28.8. The Kier molecular flexibility index (Phi) is 2.66. The molecule has 0 amide bonds. The summed E-state index contributed by atoms with van der Waals surface area (Å²) in [4.78, 5) is 15.0. The van der Waals surface area contributed by atoms with Gasteiger partial charge in [0.15, 0.2) is 12.5 Å². The van der Waals surface area contributed by atoms with Crippen LogP contribution in [0.4, 0.5) is 5.82 Å². The number of rotatable bonds is 1. The van der Waals surface area contributed by atoms with Crippen molar-refractivity contribution in [1.82, 2.24) is 9.55 Å². The second-order valence-corrected chi connectivity index (χ2v) is 4.09. The summed E-state index contributed by atoms with van der Waals surface area (Å²) < 4.78 is 5.89. The molecule has 1 unspecified atom stereocenters. The maximum absolute atomic E-state index is 11.5. The van der Waals surface area contributed by atoms with E-state index in [9.17, 15) is 20.1 Å². The van der Waals surface area contributed by atoms with Crippen molar-refractivity contribution < 1.29 is 20.1 Å². The largest absolute Gasteiger partial charge is 0.385 e. The van der Waals surface area contributed by atoms with Crippen LogP contribution >= 0.6 is 0 Å². The van der Waals surface area contributed by atoms with Gasteiger partial charge in [-0.3, -0.25) is 4.57 Å². The molecule has 8 heteroatoms. The van der Waals surface area contributed by atoms with Crippen LogP contribution in [0.2, 0.25) is 0 Å². The standard InChI is InChI=1S/C9H13N3O5/c1-9(16)5(13)6(14)17-7(9)12-3-2-4(10)11-8(12)15/h2-3,5-7,13-14,16H,1H3,(H2,10,11,15)/t5-,6?,7-,9-/m1/s1. The number of ether oxygens (including phenoxy) is 1. The van der Waals surface area contributed by atoms with Crippen molar-refractivity contribution in [2.45, 2.75) is 31.1 Å². The molecule has 94 valence electrons. The number of anilines is 1. The third-order valence-electron chi connectivity index (χ3n) is 2.74. The molecule has 0 aliphatic carbocycles. The van der Waals surface area contributed by atoms with Crippen molar-refractivity contribution in [3.05, 3.63) is 22.7 Å². The number of hydrogen-bond donors (Lipinski definition) is 4. The third kappa shape index (κ3) is 1.80. The first-order chi connectivity index (χ1) is 7.84. The van der Waals surface area contributed by atoms with Gasteiger partial charge in [0.1, 0.15) is 17.5 Å². The Morgan fingerprint density at radius 2 is 2.24 bits per heavy atom. The number of aromatic nitrogens is 2. The average molecular weight is 243 g/mol. The Balaban J connectivity index is 2.45. The van der Waals surface area contributed by atoms with Gasteiger partial charge in [0, 0.05) is 6.20 Å². The van der Waals surface area contributed by atoms with Gasteiger partial charge in [0.05, 0.1) is 0 Å². The lowest BCUT2D eigenvalue weighted by atomic mass is 9.99. The minimum Gasteiger partial charge on any atom is -0.385 e. The van der Waals surface area contributed by atoms with E-state index in [1.165, 1.54) is 19.2 Å². The van der Waals surface area contributed by atoms with Crippen LogP contribution in [0.1, 0.15) is 13.2 Å². The number of nitrogens with zero attached hydrogens (tertiary/aromatic N) is 2. The minimum absolute atomic E-state index is 0.0324. The zero-order valence-corrected chi connectivity index (χ0v) is 9.02. The average Bonchev–Trinajstić information content (AvgIpc) is 2.43. The molecule has 0 bridgehead atoms. The van der Waals surface area contributed by atoms with Crippen molar-refractivity contribution in [1.29, 1.82) is 0 Å². The van der Waals surface area contributed by atoms with Crippen LogP contribution in [0.25, 0.3) is 0 Å². The summed E-state index contributed by atoms with van der Waals surface area (Å²) in [6.45, 7) is 1.25. The van der Waals surface area contributed by atoms with Crippen LogP contribution in [0.5, 0.6) is 0 Å². The van der Waals surface area contributed by atoms with Crippen LogP contribution < -0.4 is 11.4 Å². The van der Waals surface area contributed by atoms with Crippen LogP contribution in [-0.2, 0) is 4.74 Å². The predicted octanol–water partition coefficient (Wildman–Crippen LogP) is -2.22. The van der Waals surface area contributed by atoms with E-state index in [2.05, 4.69) is 4.98 Å². The van der Waals surface area contributed by atoms with Crippen molar-refractivity contribution in [3.63, 3.8) is 0 Å². The van der Waals surface area contributed by atoms with Gasteiger partial charge in [-0.2, -0.15) is 4.98 Å². The lowest BCUT2D eigenvalue weighted by molar-refractivity contribution is -0.143. The molecular formula is C9H13N3O5. The molecule has 1 aromatic heterocycles. The van der Waals surface area contributed by atoms with E-state index in [-0.39, 0.29) is 5.82 Å². The van der Waals surface area contributed by atoms with Crippen molar-refractivity contribution in [3.8, 4) is 0 Å². The summed E-state index contributed by atoms with van der Waals surface area (Å²) in [6.07, 6.45) is -3.04. The Morgan fingerprint density at radius 3 is 2.71 bits per heavy atom. The van der Waals surface area contributed by atoms with Gasteiger partial charge in [-0.1, -0.05) is 0 Å². The quantitative estimate of drug-likeness (QED) is 0.439. The van der Waals surface area contributed by atoms with Gasteiger partial charge in [-0.25, -0.2) is 4.79 Å². The molecule has 1 fully saturated rings. The smallest absolute Gasteiger partial charge is 0.351 e. The van der Waals surface area contributed by atoms with Gasteiger partial charge < -0.3 is 25.8 Å². The molecule has 1 aromatic rings. The molecule has 8 nitrogen and oxygen atoms in total. The highest BCUT2D eigenvalue weighted by Gasteiger charge is 2.53. The molecule has 2 heterocycles. The SMILES string of the molecule is C[C@@]1(O)[C@H](O)C(O)O[C@H]1n1ccc(N)nc1=O.